The Morgan fingerprint density at radius 1 is 1.00 bits per heavy atom. The zero-order chi connectivity index (χ0) is 21.5. The number of ether oxygens (including phenoxy) is 3. The van der Waals surface area contributed by atoms with Crippen molar-refractivity contribution in [1.29, 1.82) is 0 Å². The second-order valence-corrected chi connectivity index (χ2v) is 7.25. The Kier molecular flexibility index (Phi) is 7.38. The van der Waals surface area contributed by atoms with Gasteiger partial charge in [-0.1, -0.05) is 6.07 Å². The molecule has 3 rings (SSSR count). The van der Waals surface area contributed by atoms with E-state index in [0.29, 0.717) is 29.4 Å². The van der Waals surface area contributed by atoms with Crippen LogP contribution in [-0.2, 0) is 11.2 Å². The maximum atomic E-state index is 13.9. The molecule has 1 aliphatic rings. The van der Waals surface area contributed by atoms with Crippen molar-refractivity contribution in [2.24, 2.45) is 0 Å². The number of carbonyl (C=O) groups is 1. The predicted molar refractivity (Wildman–Crippen MR) is 116 cm³/mol. The highest BCUT2D eigenvalue weighted by molar-refractivity contribution is 5.94. The van der Waals surface area contributed by atoms with Gasteiger partial charge in [0, 0.05) is 19.5 Å². The predicted octanol–water partition coefficient (Wildman–Crippen LogP) is 4.41. The molecule has 0 bridgehead atoms. The molecule has 0 spiro atoms. The van der Waals surface area contributed by atoms with E-state index in [1.807, 2.05) is 6.07 Å². The van der Waals surface area contributed by atoms with Crippen molar-refractivity contribution in [2.45, 2.75) is 32.1 Å². The zero-order valence-corrected chi connectivity index (χ0v) is 17.8. The molecule has 6 nitrogen and oxygen atoms in total. The summed E-state index contributed by atoms with van der Waals surface area (Å²) in [6.45, 7) is 1.83. The summed E-state index contributed by atoms with van der Waals surface area (Å²) in [5, 5.41) is 2.89. The van der Waals surface area contributed by atoms with Crippen LogP contribution in [0.2, 0.25) is 0 Å². The van der Waals surface area contributed by atoms with Gasteiger partial charge in [0.1, 0.15) is 5.82 Å². The van der Waals surface area contributed by atoms with Gasteiger partial charge in [0.15, 0.2) is 11.5 Å². The van der Waals surface area contributed by atoms with Crippen molar-refractivity contribution in [2.75, 3.05) is 44.6 Å². The number of hydrogen-bond donors (Lipinski definition) is 1. The molecule has 0 radical (unpaired) electrons. The van der Waals surface area contributed by atoms with E-state index < -0.39 is 0 Å². The van der Waals surface area contributed by atoms with Crippen LogP contribution in [0.15, 0.2) is 30.3 Å². The van der Waals surface area contributed by atoms with Crippen molar-refractivity contribution in [3.63, 3.8) is 0 Å². The van der Waals surface area contributed by atoms with Crippen LogP contribution in [0.25, 0.3) is 0 Å². The third-order valence-electron chi connectivity index (χ3n) is 5.34. The van der Waals surface area contributed by atoms with Gasteiger partial charge in [0.05, 0.1) is 32.7 Å². The van der Waals surface area contributed by atoms with E-state index in [1.165, 1.54) is 18.6 Å². The van der Waals surface area contributed by atoms with E-state index in [-0.39, 0.29) is 18.1 Å². The van der Waals surface area contributed by atoms with Gasteiger partial charge in [0.2, 0.25) is 11.7 Å². The van der Waals surface area contributed by atoms with E-state index in [4.69, 9.17) is 14.2 Å². The molecule has 0 saturated carbocycles. The number of carbonyl (C=O) groups excluding carboxylic acids is 1. The molecule has 162 valence electrons. The fourth-order valence-electron chi connectivity index (χ4n) is 3.84. The van der Waals surface area contributed by atoms with Gasteiger partial charge in [-0.05, 0) is 55.5 Å². The first-order valence-corrected chi connectivity index (χ1v) is 10.2. The minimum absolute atomic E-state index is 0.185. The maximum Gasteiger partial charge on any atom is 0.224 e. The lowest BCUT2D eigenvalue weighted by atomic mass is 10.1. The Hall–Kier alpha value is -2.96. The molecule has 1 aliphatic heterocycles. The molecule has 1 fully saturated rings. The fourth-order valence-corrected chi connectivity index (χ4v) is 3.84. The van der Waals surface area contributed by atoms with E-state index in [0.717, 1.165) is 37.2 Å². The first-order valence-electron chi connectivity index (χ1n) is 10.2. The average Bonchev–Trinajstić information content (AvgIpc) is 2.77. The first-order chi connectivity index (χ1) is 14.6. The van der Waals surface area contributed by atoms with Gasteiger partial charge in [-0.25, -0.2) is 4.39 Å². The normalized spacial score (nSPS) is 13.7. The van der Waals surface area contributed by atoms with Crippen LogP contribution in [0, 0.1) is 5.82 Å². The highest BCUT2D eigenvalue weighted by Crippen LogP contribution is 2.40. The van der Waals surface area contributed by atoms with Crippen LogP contribution in [0.5, 0.6) is 17.2 Å². The van der Waals surface area contributed by atoms with E-state index in [2.05, 4.69) is 10.2 Å². The number of rotatable bonds is 8. The Labute approximate surface area is 176 Å². The van der Waals surface area contributed by atoms with E-state index >= 15 is 0 Å². The van der Waals surface area contributed by atoms with Crippen molar-refractivity contribution in [3.05, 3.63) is 41.7 Å². The van der Waals surface area contributed by atoms with Crippen LogP contribution in [0.1, 0.15) is 31.2 Å². The zero-order valence-electron chi connectivity index (χ0n) is 17.8. The molecular weight excluding hydrogens is 387 g/mol. The number of amides is 1. The Balaban J connectivity index is 1.72. The molecule has 1 N–H and O–H groups in total. The Bertz CT molecular complexity index is 882. The minimum atomic E-state index is -0.368. The molecule has 2 aromatic rings. The molecule has 7 heteroatoms. The van der Waals surface area contributed by atoms with Crippen molar-refractivity contribution in [3.8, 4) is 17.2 Å². The van der Waals surface area contributed by atoms with Crippen LogP contribution < -0.4 is 24.4 Å². The topological polar surface area (TPSA) is 60.0 Å². The van der Waals surface area contributed by atoms with Gasteiger partial charge in [-0.2, -0.15) is 0 Å². The summed E-state index contributed by atoms with van der Waals surface area (Å²) in [5.41, 5.74) is 2.22. The molecule has 0 aromatic heterocycles. The third-order valence-corrected chi connectivity index (χ3v) is 5.34. The molecule has 30 heavy (non-hydrogen) atoms. The molecule has 0 atom stereocenters. The SMILES string of the molecule is COc1ccc(CCC(=O)Nc2cc(F)ccc2N2CCCCC2)c(OC)c1OC. The first kappa shape index (κ1) is 21.7. The molecule has 1 saturated heterocycles. The maximum absolute atomic E-state index is 13.9. The number of aryl methyl sites for hydroxylation is 1. The number of benzene rings is 2. The van der Waals surface area contributed by atoms with Crippen molar-refractivity contribution in [1.82, 2.24) is 0 Å². The summed E-state index contributed by atoms with van der Waals surface area (Å²) >= 11 is 0. The summed E-state index contributed by atoms with van der Waals surface area (Å²) in [5.74, 6) is 1.05. The van der Waals surface area contributed by atoms with Crippen LogP contribution in [-0.4, -0.2) is 40.3 Å². The number of methoxy groups -OCH3 is 3. The molecular formula is C23H29FN2O4. The third kappa shape index (κ3) is 4.96. The Morgan fingerprint density at radius 2 is 1.73 bits per heavy atom. The van der Waals surface area contributed by atoms with E-state index in [1.54, 1.807) is 33.5 Å². The molecule has 0 unspecified atom stereocenters. The van der Waals surface area contributed by atoms with Gasteiger partial charge < -0.3 is 24.4 Å². The number of piperidine rings is 1. The highest BCUT2D eigenvalue weighted by atomic mass is 19.1. The average molecular weight is 416 g/mol. The lowest BCUT2D eigenvalue weighted by molar-refractivity contribution is -0.116. The standard InChI is InChI=1S/C23H29FN2O4/c1-28-20-11-7-16(22(29-2)23(20)30-3)8-12-21(27)25-18-15-17(24)9-10-19(18)26-13-5-4-6-14-26/h7,9-11,15H,4-6,8,12-14H2,1-3H3,(H,25,27). The molecule has 1 amide bonds. The lowest BCUT2D eigenvalue weighted by Gasteiger charge is -2.30. The summed E-state index contributed by atoms with van der Waals surface area (Å²) in [7, 11) is 4.66. The second kappa shape index (κ2) is 10.2. The Morgan fingerprint density at radius 3 is 2.40 bits per heavy atom. The highest BCUT2D eigenvalue weighted by Gasteiger charge is 2.19. The van der Waals surface area contributed by atoms with Crippen LogP contribution in [0.3, 0.4) is 0 Å². The van der Waals surface area contributed by atoms with Crippen LogP contribution in [0.4, 0.5) is 15.8 Å². The summed E-state index contributed by atoms with van der Waals surface area (Å²) in [4.78, 5) is 14.9. The molecule has 0 aliphatic carbocycles. The number of halogens is 1. The molecule has 2 aromatic carbocycles. The summed E-state index contributed by atoms with van der Waals surface area (Å²) in [6.07, 6.45) is 4.08. The quantitative estimate of drug-likeness (QED) is 0.691. The van der Waals surface area contributed by atoms with E-state index in [9.17, 15) is 9.18 Å². The number of nitrogens with zero attached hydrogens (tertiary/aromatic N) is 1. The lowest BCUT2D eigenvalue weighted by Crippen LogP contribution is -2.30. The minimum Gasteiger partial charge on any atom is -0.493 e. The van der Waals surface area contributed by atoms with Crippen LogP contribution >= 0.6 is 0 Å². The summed E-state index contributed by atoms with van der Waals surface area (Å²) < 4.78 is 30.0. The fraction of sp³-hybridized carbons (Fsp3) is 0.435. The number of anilines is 2. The smallest absolute Gasteiger partial charge is 0.224 e. The van der Waals surface area contributed by atoms with Gasteiger partial charge in [-0.15, -0.1) is 0 Å². The number of nitrogens with one attached hydrogen (secondary N) is 1. The summed E-state index contributed by atoms with van der Waals surface area (Å²) in [6, 6.07) is 8.21. The van der Waals surface area contributed by atoms with Gasteiger partial charge >= 0.3 is 0 Å². The second-order valence-electron chi connectivity index (χ2n) is 7.25. The van der Waals surface area contributed by atoms with Gasteiger partial charge in [0.25, 0.3) is 0 Å². The molecule has 1 heterocycles. The van der Waals surface area contributed by atoms with Gasteiger partial charge in [-0.3, -0.25) is 4.79 Å². The monoisotopic (exact) mass is 416 g/mol. The van der Waals surface area contributed by atoms with Crippen molar-refractivity contribution < 1.29 is 23.4 Å². The number of hydrogen-bond acceptors (Lipinski definition) is 5. The van der Waals surface area contributed by atoms with Crippen molar-refractivity contribution >= 4 is 17.3 Å². The largest absolute Gasteiger partial charge is 0.493 e.